The smallest absolute Gasteiger partial charge is 0.119 e. The van der Waals surface area contributed by atoms with Crippen molar-refractivity contribution in [1.29, 1.82) is 0 Å². The number of nitrogens with zero attached hydrogens (tertiary/aromatic N) is 3. The predicted octanol–water partition coefficient (Wildman–Crippen LogP) is 0.186. The molecule has 2 unspecified atom stereocenters. The predicted molar refractivity (Wildman–Crippen MR) is 38.4 cm³/mol. The third-order valence-electron chi connectivity index (χ3n) is 1.67. The van der Waals surface area contributed by atoms with Gasteiger partial charge >= 0.3 is 0 Å². The summed E-state index contributed by atoms with van der Waals surface area (Å²) in [5.41, 5.74) is 5.65. The summed E-state index contributed by atoms with van der Waals surface area (Å²) in [6.45, 7) is 4.00. The van der Waals surface area contributed by atoms with Crippen LogP contribution in [0.1, 0.15) is 19.9 Å². The van der Waals surface area contributed by atoms with Crippen molar-refractivity contribution in [2.45, 2.75) is 25.9 Å². The summed E-state index contributed by atoms with van der Waals surface area (Å²) in [4.78, 5) is 0. The summed E-state index contributed by atoms with van der Waals surface area (Å²) >= 11 is 0. The molecule has 0 aliphatic rings. The van der Waals surface area contributed by atoms with E-state index >= 15 is 0 Å². The van der Waals surface area contributed by atoms with Crippen LogP contribution in [0.5, 0.6) is 0 Å². The minimum atomic E-state index is 0.135. The fourth-order valence-corrected chi connectivity index (χ4v) is 0.691. The Morgan fingerprint density at radius 3 is 2.20 bits per heavy atom. The molecular weight excluding hydrogens is 128 g/mol. The second-order valence-corrected chi connectivity index (χ2v) is 2.51. The van der Waals surface area contributed by atoms with Gasteiger partial charge in [-0.1, -0.05) is 0 Å². The molecule has 4 nitrogen and oxygen atoms in total. The Balaban J connectivity index is 2.68. The van der Waals surface area contributed by atoms with Crippen LogP contribution in [0.25, 0.3) is 0 Å². The lowest BCUT2D eigenvalue weighted by molar-refractivity contribution is 0.464. The van der Waals surface area contributed by atoms with Crippen molar-refractivity contribution in [2.75, 3.05) is 0 Å². The van der Waals surface area contributed by atoms with Gasteiger partial charge in [0.2, 0.25) is 0 Å². The van der Waals surface area contributed by atoms with Gasteiger partial charge in [-0.15, -0.1) is 10.2 Å². The van der Waals surface area contributed by atoms with Crippen LogP contribution in [0.3, 0.4) is 0 Å². The van der Waals surface area contributed by atoms with Crippen molar-refractivity contribution in [3.05, 3.63) is 12.7 Å². The van der Waals surface area contributed by atoms with E-state index in [0.29, 0.717) is 0 Å². The first-order valence-corrected chi connectivity index (χ1v) is 3.31. The average Bonchev–Trinajstić information content (AvgIpc) is 2.36. The summed E-state index contributed by atoms with van der Waals surface area (Å²) in [7, 11) is 0. The van der Waals surface area contributed by atoms with Gasteiger partial charge in [0.05, 0.1) is 0 Å². The Hall–Kier alpha value is -0.900. The summed E-state index contributed by atoms with van der Waals surface area (Å²) in [6, 6.07) is 0.408. The highest BCUT2D eigenvalue weighted by Crippen LogP contribution is 2.05. The number of hydrogen-bond acceptors (Lipinski definition) is 3. The maximum atomic E-state index is 5.65. The highest BCUT2D eigenvalue weighted by atomic mass is 15.2. The van der Waals surface area contributed by atoms with Crippen LogP contribution in [0.4, 0.5) is 0 Å². The standard InChI is InChI=1S/C6H12N4/c1-5(7)6(2)10-3-8-9-4-10/h3-6H,7H2,1-2H3. The molecule has 0 spiro atoms. The zero-order chi connectivity index (χ0) is 7.56. The quantitative estimate of drug-likeness (QED) is 0.637. The molecule has 2 N–H and O–H groups in total. The molecular formula is C6H12N4. The van der Waals surface area contributed by atoms with Crippen molar-refractivity contribution < 1.29 is 0 Å². The van der Waals surface area contributed by atoms with Gasteiger partial charge < -0.3 is 10.3 Å². The third-order valence-corrected chi connectivity index (χ3v) is 1.67. The van der Waals surface area contributed by atoms with E-state index in [0.717, 1.165) is 0 Å². The first-order valence-electron chi connectivity index (χ1n) is 3.31. The first kappa shape index (κ1) is 7.21. The zero-order valence-electron chi connectivity index (χ0n) is 6.23. The van der Waals surface area contributed by atoms with Crippen molar-refractivity contribution >= 4 is 0 Å². The molecule has 1 heterocycles. The summed E-state index contributed by atoms with van der Waals surface area (Å²) in [6.07, 6.45) is 3.35. The number of rotatable bonds is 2. The molecule has 0 saturated carbocycles. The van der Waals surface area contributed by atoms with Gasteiger partial charge in [0.1, 0.15) is 12.7 Å². The minimum absolute atomic E-state index is 0.135. The van der Waals surface area contributed by atoms with E-state index in [-0.39, 0.29) is 12.1 Å². The van der Waals surface area contributed by atoms with Crippen molar-refractivity contribution in [1.82, 2.24) is 14.8 Å². The molecule has 1 aromatic rings. The zero-order valence-corrected chi connectivity index (χ0v) is 6.23. The van der Waals surface area contributed by atoms with Gasteiger partial charge in [0.25, 0.3) is 0 Å². The van der Waals surface area contributed by atoms with Crippen LogP contribution in [0.15, 0.2) is 12.7 Å². The SMILES string of the molecule is CC(N)C(C)n1cnnc1. The largest absolute Gasteiger partial charge is 0.326 e. The highest BCUT2D eigenvalue weighted by molar-refractivity contribution is 4.74. The van der Waals surface area contributed by atoms with E-state index in [4.69, 9.17) is 5.73 Å². The van der Waals surface area contributed by atoms with E-state index in [2.05, 4.69) is 10.2 Å². The monoisotopic (exact) mass is 140 g/mol. The summed E-state index contributed by atoms with van der Waals surface area (Å²) in [5, 5.41) is 7.37. The molecule has 0 aromatic carbocycles. The Labute approximate surface area is 60.1 Å². The van der Waals surface area contributed by atoms with Gasteiger partial charge in [-0.25, -0.2) is 0 Å². The van der Waals surface area contributed by atoms with Crippen molar-refractivity contribution in [3.63, 3.8) is 0 Å². The van der Waals surface area contributed by atoms with E-state index in [1.54, 1.807) is 12.7 Å². The Bertz CT molecular complexity index is 180. The number of hydrogen-bond donors (Lipinski definition) is 1. The molecule has 1 aromatic heterocycles. The van der Waals surface area contributed by atoms with Crippen LogP contribution in [-0.2, 0) is 0 Å². The molecule has 10 heavy (non-hydrogen) atoms. The molecule has 0 aliphatic heterocycles. The molecule has 4 heteroatoms. The molecule has 2 atom stereocenters. The second-order valence-electron chi connectivity index (χ2n) is 2.51. The molecule has 56 valence electrons. The molecule has 0 radical (unpaired) electrons. The molecule has 0 saturated heterocycles. The maximum Gasteiger partial charge on any atom is 0.119 e. The van der Waals surface area contributed by atoms with E-state index in [1.165, 1.54) is 0 Å². The van der Waals surface area contributed by atoms with Gasteiger partial charge in [-0.3, -0.25) is 0 Å². The average molecular weight is 140 g/mol. The Morgan fingerprint density at radius 1 is 1.30 bits per heavy atom. The third kappa shape index (κ3) is 1.33. The first-order chi connectivity index (χ1) is 4.72. The van der Waals surface area contributed by atoms with Crippen LogP contribution in [0.2, 0.25) is 0 Å². The van der Waals surface area contributed by atoms with Crippen LogP contribution in [-0.4, -0.2) is 20.8 Å². The van der Waals surface area contributed by atoms with Gasteiger partial charge in [-0.2, -0.15) is 0 Å². The number of nitrogens with two attached hydrogens (primary N) is 1. The number of aromatic nitrogens is 3. The fraction of sp³-hybridized carbons (Fsp3) is 0.667. The Kier molecular flexibility index (Phi) is 2.01. The van der Waals surface area contributed by atoms with Crippen LogP contribution < -0.4 is 5.73 Å². The van der Waals surface area contributed by atoms with Gasteiger partial charge in [0.15, 0.2) is 0 Å². The topological polar surface area (TPSA) is 56.7 Å². The molecule has 0 fully saturated rings. The van der Waals surface area contributed by atoms with Crippen molar-refractivity contribution in [2.24, 2.45) is 5.73 Å². The lowest BCUT2D eigenvalue weighted by Gasteiger charge is -2.15. The van der Waals surface area contributed by atoms with E-state index in [9.17, 15) is 0 Å². The normalized spacial score (nSPS) is 16.7. The molecule has 0 bridgehead atoms. The second kappa shape index (κ2) is 2.79. The summed E-state index contributed by atoms with van der Waals surface area (Å²) in [5.74, 6) is 0. The van der Waals surface area contributed by atoms with E-state index < -0.39 is 0 Å². The van der Waals surface area contributed by atoms with E-state index in [1.807, 2.05) is 18.4 Å². The fourth-order valence-electron chi connectivity index (χ4n) is 0.691. The molecule has 1 rings (SSSR count). The lowest BCUT2D eigenvalue weighted by atomic mass is 10.2. The van der Waals surface area contributed by atoms with Gasteiger partial charge in [-0.05, 0) is 13.8 Å². The highest BCUT2D eigenvalue weighted by Gasteiger charge is 2.07. The van der Waals surface area contributed by atoms with Crippen LogP contribution in [0, 0.1) is 0 Å². The molecule has 0 aliphatic carbocycles. The molecule has 0 amide bonds. The van der Waals surface area contributed by atoms with Crippen molar-refractivity contribution in [3.8, 4) is 0 Å². The maximum absolute atomic E-state index is 5.65. The minimum Gasteiger partial charge on any atom is -0.326 e. The Morgan fingerprint density at radius 2 is 1.80 bits per heavy atom. The lowest BCUT2D eigenvalue weighted by Crippen LogP contribution is -2.26. The van der Waals surface area contributed by atoms with Gasteiger partial charge in [0, 0.05) is 12.1 Å². The summed E-state index contributed by atoms with van der Waals surface area (Å²) < 4.78 is 1.89. The van der Waals surface area contributed by atoms with Crippen LogP contribution >= 0.6 is 0 Å².